The number of hydrogen-bond donors (Lipinski definition) is 1. The Balaban J connectivity index is 2.03. The third kappa shape index (κ3) is 3.48. The van der Waals surface area contributed by atoms with Crippen molar-refractivity contribution in [1.82, 2.24) is 0 Å². The lowest BCUT2D eigenvalue weighted by atomic mass is 9.89. The first-order valence-corrected chi connectivity index (χ1v) is 7.57. The molecule has 0 radical (unpaired) electrons. The second kappa shape index (κ2) is 6.07. The van der Waals surface area contributed by atoms with E-state index in [2.05, 4.69) is 28.9 Å². The zero-order valence-electron chi connectivity index (χ0n) is 11.2. The van der Waals surface area contributed by atoms with Crippen LogP contribution in [-0.2, 0) is 0 Å². The Bertz CT molecular complexity index is 405. The van der Waals surface area contributed by atoms with Crippen LogP contribution in [0.5, 0.6) is 5.75 Å². The minimum atomic E-state index is 0.0446. The summed E-state index contributed by atoms with van der Waals surface area (Å²) in [5.41, 5.74) is 7.02. The Morgan fingerprint density at radius 1 is 1.39 bits per heavy atom. The molecular weight excluding hydrogens is 290 g/mol. The molecule has 0 heterocycles. The van der Waals surface area contributed by atoms with E-state index in [-0.39, 0.29) is 6.04 Å². The van der Waals surface area contributed by atoms with Crippen LogP contribution in [0.25, 0.3) is 0 Å². The maximum absolute atomic E-state index is 6.07. The van der Waals surface area contributed by atoms with Crippen molar-refractivity contribution >= 4 is 15.9 Å². The van der Waals surface area contributed by atoms with Gasteiger partial charge in [-0.25, -0.2) is 0 Å². The first-order valence-electron chi connectivity index (χ1n) is 6.78. The van der Waals surface area contributed by atoms with Crippen LogP contribution in [0.3, 0.4) is 0 Å². The summed E-state index contributed by atoms with van der Waals surface area (Å²) in [7, 11) is 0. The van der Waals surface area contributed by atoms with E-state index in [0.717, 1.165) is 21.7 Å². The summed E-state index contributed by atoms with van der Waals surface area (Å²) in [5, 5.41) is 0. The van der Waals surface area contributed by atoms with Crippen LogP contribution in [0, 0.1) is 5.92 Å². The van der Waals surface area contributed by atoms with Gasteiger partial charge in [-0.15, -0.1) is 0 Å². The number of halogens is 1. The highest BCUT2D eigenvalue weighted by Gasteiger charge is 2.20. The smallest absolute Gasteiger partial charge is 0.120 e. The van der Waals surface area contributed by atoms with E-state index in [9.17, 15) is 0 Å². The summed E-state index contributed by atoms with van der Waals surface area (Å²) < 4.78 is 7.11. The standard InChI is InChI=1S/C15H22BrNO/c1-10-4-3-5-12(8-10)18-13-6-7-14(11(2)17)15(16)9-13/h6-7,9-12H,3-5,8,17H2,1-2H3/t10?,11-,12?/m0/s1. The summed E-state index contributed by atoms with van der Waals surface area (Å²) in [6.07, 6.45) is 5.35. The van der Waals surface area contributed by atoms with Gasteiger partial charge in [0.25, 0.3) is 0 Å². The van der Waals surface area contributed by atoms with E-state index < -0.39 is 0 Å². The Labute approximate surface area is 118 Å². The Morgan fingerprint density at radius 3 is 2.78 bits per heavy atom. The molecule has 0 amide bonds. The van der Waals surface area contributed by atoms with Gasteiger partial charge >= 0.3 is 0 Å². The average Bonchev–Trinajstić information content (AvgIpc) is 2.28. The molecule has 2 nitrogen and oxygen atoms in total. The van der Waals surface area contributed by atoms with Gasteiger partial charge < -0.3 is 10.5 Å². The SMILES string of the molecule is CC1CCCC(Oc2ccc([C@H](C)N)c(Br)c2)C1. The molecule has 0 spiro atoms. The molecule has 1 fully saturated rings. The van der Waals surface area contributed by atoms with Crippen molar-refractivity contribution in [3.63, 3.8) is 0 Å². The van der Waals surface area contributed by atoms with Crippen molar-refractivity contribution in [2.45, 2.75) is 51.7 Å². The van der Waals surface area contributed by atoms with E-state index in [0.29, 0.717) is 6.10 Å². The van der Waals surface area contributed by atoms with Gasteiger partial charge in [-0.3, -0.25) is 0 Å². The van der Waals surface area contributed by atoms with Crippen LogP contribution in [0.2, 0.25) is 0 Å². The molecule has 100 valence electrons. The minimum absolute atomic E-state index is 0.0446. The molecule has 0 aliphatic heterocycles. The van der Waals surface area contributed by atoms with Gasteiger partial charge in [0, 0.05) is 10.5 Å². The molecule has 3 atom stereocenters. The maximum atomic E-state index is 6.07. The molecule has 3 heteroatoms. The third-order valence-electron chi connectivity index (χ3n) is 3.65. The molecule has 2 rings (SSSR count). The van der Waals surface area contributed by atoms with Crippen molar-refractivity contribution in [3.8, 4) is 5.75 Å². The summed E-state index contributed by atoms with van der Waals surface area (Å²) in [6.45, 7) is 4.30. The fourth-order valence-electron chi connectivity index (χ4n) is 2.63. The molecule has 2 unspecified atom stereocenters. The summed E-state index contributed by atoms with van der Waals surface area (Å²) in [4.78, 5) is 0. The van der Waals surface area contributed by atoms with Crippen molar-refractivity contribution in [3.05, 3.63) is 28.2 Å². The molecule has 1 aliphatic carbocycles. The molecule has 1 aromatic carbocycles. The number of benzene rings is 1. The van der Waals surface area contributed by atoms with Gasteiger partial charge in [-0.05, 0) is 49.8 Å². The average molecular weight is 312 g/mol. The zero-order valence-corrected chi connectivity index (χ0v) is 12.7. The summed E-state index contributed by atoms with van der Waals surface area (Å²) >= 11 is 3.56. The lowest BCUT2D eigenvalue weighted by molar-refractivity contribution is 0.129. The lowest BCUT2D eigenvalue weighted by Gasteiger charge is -2.27. The van der Waals surface area contributed by atoms with Crippen LogP contribution in [0.15, 0.2) is 22.7 Å². The highest BCUT2D eigenvalue weighted by molar-refractivity contribution is 9.10. The van der Waals surface area contributed by atoms with Gasteiger partial charge in [0.05, 0.1) is 6.10 Å². The Morgan fingerprint density at radius 2 is 2.17 bits per heavy atom. The third-order valence-corrected chi connectivity index (χ3v) is 4.34. The largest absolute Gasteiger partial charge is 0.490 e. The van der Waals surface area contributed by atoms with Crippen LogP contribution in [0.1, 0.15) is 51.1 Å². The van der Waals surface area contributed by atoms with Crippen molar-refractivity contribution in [2.24, 2.45) is 11.7 Å². The van der Waals surface area contributed by atoms with Gasteiger partial charge in [-0.2, -0.15) is 0 Å². The maximum Gasteiger partial charge on any atom is 0.120 e. The Hall–Kier alpha value is -0.540. The van der Waals surface area contributed by atoms with Crippen LogP contribution in [-0.4, -0.2) is 6.10 Å². The number of rotatable bonds is 3. The second-order valence-electron chi connectivity index (χ2n) is 5.48. The van der Waals surface area contributed by atoms with E-state index >= 15 is 0 Å². The highest BCUT2D eigenvalue weighted by atomic mass is 79.9. The summed E-state index contributed by atoms with van der Waals surface area (Å²) in [5.74, 6) is 1.74. The van der Waals surface area contributed by atoms with Gasteiger partial charge in [-0.1, -0.05) is 35.3 Å². The predicted octanol–water partition coefficient (Wildman–Crippen LogP) is 4.43. The number of ether oxygens (including phenoxy) is 1. The first kappa shape index (κ1) is 13.9. The lowest BCUT2D eigenvalue weighted by Crippen LogP contribution is -2.24. The minimum Gasteiger partial charge on any atom is -0.490 e. The summed E-state index contributed by atoms with van der Waals surface area (Å²) in [6, 6.07) is 6.17. The molecule has 1 saturated carbocycles. The van der Waals surface area contributed by atoms with Gasteiger partial charge in [0.1, 0.15) is 5.75 Å². The van der Waals surface area contributed by atoms with Crippen molar-refractivity contribution in [1.29, 1.82) is 0 Å². The number of nitrogens with two attached hydrogens (primary N) is 1. The van der Waals surface area contributed by atoms with Gasteiger partial charge in [0.15, 0.2) is 0 Å². The van der Waals surface area contributed by atoms with Crippen LogP contribution in [0.4, 0.5) is 0 Å². The topological polar surface area (TPSA) is 35.2 Å². The second-order valence-corrected chi connectivity index (χ2v) is 6.34. The monoisotopic (exact) mass is 311 g/mol. The van der Waals surface area contributed by atoms with E-state index in [1.165, 1.54) is 25.7 Å². The van der Waals surface area contributed by atoms with Crippen LogP contribution >= 0.6 is 15.9 Å². The molecule has 0 bridgehead atoms. The van der Waals surface area contributed by atoms with E-state index in [1.54, 1.807) is 0 Å². The predicted molar refractivity (Wildman–Crippen MR) is 78.8 cm³/mol. The first-order chi connectivity index (χ1) is 8.56. The fourth-order valence-corrected chi connectivity index (χ4v) is 3.35. The van der Waals surface area contributed by atoms with E-state index in [4.69, 9.17) is 10.5 Å². The van der Waals surface area contributed by atoms with Gasteiger partial charge in [0.2, 0.25) is 0 Å². The molecule has 0 aromatic heterocycles. The normalized spacial score (nSPS) is 25.8. The fraction of sp³-hybridized carbons (Fsp3) is 0.600. The molecular formula is C15H22BrNO. The van der Waals surface area contributed by atoms with E-state index in [1.807, 2.05) is 19.1 Å². The molecule has 0 saturated heterocycles. The van der Waals surface area contributed by atoms with Crippen molar-refractivity contribution < 1.29 is 4.74 Å². The highest BCUT2D eigenvalue weighted by Crippen LogP contribution is 2.30. The molecule has 18 heavy (non-hydrogen) atoms. The molecule has 1 aromatic rings. The number of hydrogen-bond acceptors (Lipinski definition) is 2. The van der Waals surface area contributed by atoms with Crippen molar-refractivity contribution in [2.75, 3.05) is 0 Å². The van der Waals surface area contributed by atoms with Crippen LogP contribution < -0.4 is 10.5 Å². The molecule has 2 N–H and O–H groups in total. The quantitative estimate of drug-likeness (QED) is 0.896. The molecule has 1 aliphatic rings. The zero-order chi connectivity index (χ0) is 13.1. The Kier molecular flexibility index (Phi) is 4.68.